The first-order valence-electron chi connectivity index (χ1n) is 14.0. The summed E-state index contributed by atoms with van der Waals surface area (Å²) in [6.07, 6.45) is 6.53. The maximum atomic E-state index is 12.3. The quantitative estimate of drug-likeness (QED) is 0.313. The number of hydrogen-bond acceptors (Lipinski definition) is 6. The number of amides is 1. The number of primary sulfonamides is 1. The second-order valence-corrected chi connectivity index (χ2v) is 15.0. The number of rotatable bonds is 8. The van der Waals surface area contributed by atoms with Crippen LogP contribution < -0.4 is 10.5 Å². The number of carbonyl (C=O) groups excluding carboxylic acids is 1. The molecule has 10 atom stereocenters. The normalized spacial score (nSPS) is 44.3. The Morgan fingerprint density at radius 3 is 2.41 bits per heavy atom. The predicted molar refractivity (Wildman–Crippen MR) is 139 cm³/mol. The fraction of sp³-hybridized carbons (Fsp3) is 0.926. The first-order chi connectivity index (χ1) is 17.1. The number of carboxylic acids is 1. The molecule has 10 heteroatoms. The smallest absolute Gasteiger partial charge is 0.335 e. The first-order valence-corrected chi connectivity index (χ1v) is 15.7. The number of nitrogens with two attached hydrogens (primary N) is 1. The summed E-state index contributed by atoms with van der Waals surface area (Å²) in [6.45, 7) is 6.89. The highest BCUT2D eigenvalue weighted by atomic mass is 32.2. The maximum Gasteiger partial charge on any atom is 0.335 e. The maximum absolute atomic E-state index is 12.3. The standard InChI is InChI=1S/C27H46N2O7S/c1-16(4-7-22(31)29-12-13-37(28,35)36)18-5-6-19-23-20(8-9-26(18,19)3)25(2)10-11-27(34,24(32)33)15-17(25)14-21(23)30/h16-21,23,30,34H,4-15H2,1-3H3,(H,29,31)(H,32,33)(H2,28,35,36)/t16-,17?,18-,19+,20+,21+,23+,25+,26-,27-/m1/s1. The molecule has 4 rings (SSSR count). The van der Waals surface area contributed by atoms with Gasteiger partial charge in [-0.05, 0) is 104 Å². The van der Waals surface area contributed by atoms with Gasteiger partial charge in [0.1, 0.15) is 0 Å². The molecule has 37 heavy (non-hydrogen) atoms. The second-order valence-electron chi connectivity index (χ2n) is 13.3. The minimum Gasteiger partial charge on any atom is -0.479 e. The molecule has 0 heterocycles. The van der Waals surface area contributed by atoms with E-state index in [0.29, 0.717) is 42.9 Å². The molecule has 0 aromatic heterocycles. The van der Waals surface area contributed by atoms with E-state index in [0.717, 1.165) is 32.1 Å². The van der Waals surface area contributed by atoms with Crippen LogP contribution in [-0.4, -0.2) is 59.6 Å². The van der Waals surface area contributed by atoms with Crippen LogP contribution in [0.5, 0.6) is 0 Å². The van der Waals surface area contributed by atoms with Crippen LogP contribution in [0.4, 0.5) is 0 Å². The fourth-order valence-electron chi connectivity index (χ4n) is 9.36. The van der Waals surface area contributed by atoms with Gasteiger partial charge in [-0.2, -0.15) is 0 Å². The summed E-state index contributed by atoms with van der Waals surface area (Å²) in [5.74, 6) is 0.147. The number of carbonyl (C=O) groups is 2. The molecule has 0 spiro atoms. The summed E-state index contributed by atoms with van der Waals surface area (Å²) in [4.78, 5) is 24.0. The van der Waals surface area contributed by atoms with E-state index < -0.39 is 27.7 Å². The van der Waals surface area contributed by atoms with Gasteiger partial charge in [-0.15, -0.1) is 0 Å². The van der Waals surface area contributed by atoms with E-state index in [9.17, 15) is 33.3 Å². The van der Waals surface area contributed by atoms with Crippen molar-refractivity contribution in [1.82, 2.24) is 5.32 Å². The molecule has 4 aliphatic carbocycles. The van der Waals surface area contributed by atoms with Gasteiger partial charge in [0.15, 0.2) is 5.60 Å². The van der Waals surface area contributed by atoms with Crippen LogP contribution in [0.15, 0.2) is 0 Å². The van der Waals surface area contributed by atoms with Crippen LogP contribution >= 0.6 is 0 Å². The van der Waals surface area contributed by atoms with E-state index in [1.54, 1.807) is 0 Å². The van der Waals surface area contributed by atoms with Gasteiger partial charge in [0, 0.05) is 13.0 Å². The van der Waals surface area contributed by atoms with Gasteiger partial charge in [0.05, 0.1) is 11.9 Å². The first kappa shape index (κ1) is 28.8. The summed E-state index contributed by atoms with van der Waals surface area (Å²) >= 11 is 0. The highest BCUT2D eigenvalue weighted by molar-refractivity contribution is 7.89. The molecule has 4 saturated carbocycles. The van der Waals surface area contributed by atoms with Crippen LogP contribution in [-0.2, 0) is 19.6 Å². The van der Waals surface area contributed by atoms with Crippen molar-refractivity contribution in [2.75, 3.05) is 12.3 Å². The highest BCUT2D eigenvalue weighted by Gasteiger charge is 2.64. The molecule has 1 unspecified atom stereocenters. The summed E-state index contributed by atoms with van der Waals surface area (Å²) in [5, 5.41) is 39.4. The van der Waals surface area contributed by atoms with Gasteiger partial charge >= 0.3 is 5.97 Å². The van der Waals surface area contributed by atoms with Gasteiger partial charge in [0.25, 0.3) is 0 Å². The lowest BCUT2D eigenvalue weighted by atomic mass is 9.43. The summed E-state index contributed by atoms with van der Waals surface area (Å²) in [6, 6.07) is 0. The van der Waals surface area contributed by atoms with Gasteiger partial charge in [0.2, 0.25) is 15.9 Å². The van der Waals surface area contributed by atoms with E-state index >= 15 is 0 Å². The summed E-state index contributed by atoms with van der Waals surface area (Å²) in [7, 11) is -3.60. The molecule has 0 bridgehead atoms. The Morgan fingerprint density at radius 2 is 1.76 bits per heavy atom. The molecule has 0 saturated heterocycles. The minimum absolute atomic E-state index is 0.00634. The average molecular weight is 543 g/mol. The minimum atomic E-state index is -3.60. The number of sulfonamides is 1. The zero-order valence-corrected chi connectivity index (χ0v) is 23.3. The monoisotopic (exact) mass is 542 g/mol. The van der Waals surface area contributed by atoms with Crippen LogP contribution in [0.3, 0.4) is 0 Å². The SMILES string of the molecule is C[C@H](CCC(=O)NCCS(N)(=O)=O)[C@H]1CC[C@H]2[C@@H]3[C@@H](O)CC4C[C@@](O)(C(=O)O)CC[C@]4(C)[C@H]3CC[C@]12C. The third-order valence-corrected chi connectivity index (χ3v) is 12.2. The Labute approximate surface area is 221 Å². The second kappa shape index (κ2) is 10.1. The molecule has 0 aromatic rings. The molecule has 9 nitrogen and oxygen atoms in total. The molecular formula is C27H46N2O7S. The van der Waals surface area contributed by atoms with Crippen molar-refractivity contribution in [2.24, 2.45) is 51.5 Å². The number of aliphatic hydroxyl groups is 2. The number of fused-ring (bicyclic) bond motifs is 5. The largest absolute Gasteiger partial charge is 0.479 e. The molecule has 4 fully saturated rings. The van der Waals surface area contributed by atoms with Crippen LogP contribution in [0.1, 0.15) is 85.0 Å². The van der Waals surface area contributed by atoms with E-state index in [1.165, 1.54) is 0 Å². The van der Waals surface area contributed by atoms with Crippen molar-refractivity contribution in [3.63, 3.8) is 0 Å². The summed E-state index contributed by atoms with van der Waals surface area (Å²) < 4.78 is 22.1. The van der Waals surface area contributed by atoms with Crippen molar-refractivity contribution >= 4 is 21.9 Å². The number of hydrogen-bond donors (Lipinski definition) is 5. The lowest BCUT2D eigenvalue weighted by Gasteiger charge is -2.63. The zero-order chi connectivity index (χ0) is 27.4. The lowest BCUT2D eigenvalue weighted by Crippen LogP contribution is -2.61. The third-order valence-electron chi connectivity index (χ3n) is 11.4. The van der Waals surface area contributed by atoms with E-state index in [1.807, 2.05) is 0 Å². The molecule has 212 valence electrons. The molecular weight excluding hydrogens is 496 g/mol. The number of aliphatic carboxylic acids is 1. The molecule has 0 aliphatic heterocycles. The molecule has 6 N–H and O–H groups in total. The van der Waals surface area contributed by atoms with Gasteiger partial charge in [-0.1, -0.05) is 20.8 Å². The Balaban J connectivity index is 1.41. The van der Waals surface area contributed by atoms with Crippen molar-refractivity contribution in [2.45, 2.75) is 96.7 Å². The Kier molecular flexibility index (Phi) is 7.83. The number of aliphatic hydroxyl groups excluding tert-OH is 1. The number of nitrogens with one attached hydrogen (secondary N) is 1. The van der Waals surface area contributed by atoms with Crippen molar-refractivity contribution < 1.29 is 33.3 Å². The predicted octanol–water partition coefficient (Wildman–Crippen LogP) is 2.25. The molecule has 4 aliphatic rings. The van der Waals surface area contributed by atoms with Crippen LogP contribution in [0.25, 0.3) is 0 Å². The van der Waals surface area contributed by atoms with Gasteiger partial charge in [-0.25, -0.2) is 18.4 Å². The summed E-state index contributed by atoms with van der Waals surface area (Å²) in [5.41, 5.74) is -1.66. The zero-order valence-electron chi connectivity index (χ0n) is 22.5. The number of carboxylic acid groups (broad SMARTS) is 1. The van der Waals surface area contributed by atoms with Gasteiger partial charge < -0.3 is 20.6 Å². The molecule has 1 amide bonds. The van der Waals surface area contributed by atoms with Crippen LogP contribution in [0.2, 0.25) is 0 Å². The van der Waals surface area contributed by atoms with Crippen LogP contribution in [0, 0.1) is 46.3 Å². The Morgan fingerprint density at radius 1 is 1.08 bits per heavy atom. The topological polar surface area (TPSA) is 167 Å². The average Bonchev–Trinajstić information content (AvgIpc) is 3.15. The third kappa shape index (κ3) is 5.32. The van der Waals surface area contributed by atoms with Crippen molar-refractivity contribution in [3.05, 3.63) is 0 Å². The van der Waals surface area contributed by atoms with Crippen molar-refractivity contribution in [3.8, 4) is 0 Å². The molecule has 0 radical (unpaired) electrons. The van der Waals surface area contributed by atoms with E-state index in [4.69, 9.17) is 5.14 Å². The fourth-order valence-corrected chi connectivity index (χ4v) is 9.75. The van der Waals surface area contributed by atoms with E-state index in [-0.39, 0.29) is 53.7 Å². The highest BCUT2D eigenvalue weighted by Crippen LogP contribution is 2.68. The Bertz CT molecular complexity index is 1000. The van der Waals surface area contributed by atoms with E-state index in [2.05, 4.69) is 26.1 Å². The molecule has 0 aromatic carbocycles. The van der Waals surface area contributed by atoms with Gasteiger partial charge in [-0.3, -0.25) is 4.79 Å². The van der Waals surface area contributed by atoms with Crippen molar-refractivity contribution in [1.29, 1.82) is 0 Å². The Hall–Kier alpha value is -1.23. The lowest BCUT2D eigenvalue weighted by molar-refractivity contribution is -0.199.